The van der Waals surface area contributed by atoms with Gasteiger partial charge in [0.25, 0.3) is 0 Å². The molecule has 1 aliphatic carbocycles. The molecule has 1 aliphatic heterocycles. The fraction of sp³-hybridized carbons (Fsp3) is 1.00. The van der Waals surface area contributed by atoms with Crippen LogP contribution < -0.4 is 5.32 Å². The van der Waals surface area contributed by atoms with Crippen molar-refractivity contribution in [2.75, 3.05) is 26.3 Å². The Labute approximate surface area is 112 Å². The first-order valence-electron chi connectivity index (χ1n) is 7.71. The predicted molar refractivity (Wildman–Crippen MR) is 75.9 cm³/mol. The van der Waals surface area contributed by atoms with Crippen molar-refractivity contribution >= 4 is 0 Å². The van der Waals surface area contributed by atoms with Gasteiger partial charge in [-0.3, -0.25) is 4.90 Å². The van der Waals surface area contributed by atoms with E-state index in [2.05, 4.69) is 31.0 Å². The van der Waals surface area contributed by atoms with Gasteiger partial charge in [-0.05, 0) is 46.1 Å². The summed E-state index contributed by atoms with van der Waals surface area (Å²) in [6.45, 7) is 11.0. The van der Waals surface area contributed by atoms with Crippen molar-refractivity contribution in [3.8, 4) is 0 Å². The highest BCUT2D eigenvalue weighted by atomic mass is 16.5. The number of morpholine rings is 1. The maximum Gasteiger partial charge on any atom is 0.0645 e. The molecule has 0 aromatic carbocycles. The Morgan fingerprint density at radius 2 is 2.17 bits per heavy atom. The number of nitrogens with zero attached hydrogens (tertiary/aromatic N) is 1. The highest BCUT2D eigenvalue weighted by molar-refractivity contribution is 4.93. The van der Waals surface area contributed by atoms with E-state index >= 15 is 0 Å². The summed E-state index contributed by atoms with van der Waals surface area (Å²) in [6.07, 6.45) is 6.67. The highest BCUT2D eigenvalue weighted by Gasteiger charge is 2.37. The van der Waals surface area contributed by atoms with E-state index < -0.39 is 0 Å². The molecule has 3 heteroatoms. The van der Waals surface area contributed by atoms with Crippen molar-refractivity contribution in [3.05, 3.63) is 0 Å². The molecule has 106 valence electrons. The van der Waals surface area contributed by atoms with Crippen LogP contribution >= 0.6 is 0 Å². The van der Waals surface area contributed by atoms with Crippen LogP contribution in [-0.2, 0) is 4.74 Å². The molecule has 0 radical (unpaired) electrons. The normalized spacial score (nSPS) is 33.5. The third kappa shape index (κ3) is 3.46. The van der Waals surface area contributed by atoms with Crippen LogP contribution in [-0.4, -0.2) is 48.8 Å². The number of hydrogen-bond donors (Lipinski definition) is 1. The van der Waals surface area contributed by atoms with E-state index in [1.54, 1.807) is 0 Å². The van der Waals surface area contributed by atoms with Gasteiger partial charge in [-0.2, -0.15) is 0 Å². The average molecular weight is 254 g/mol. The lowest BCUT2D eigenvalue weighted by Gasteiger charge is -2.49. The lowest BCUT2D eigenvalue weighted by atomic mass is 9.86. The zero-order valence-corrected chi connectivity index (χ0v) is 12.4. The third-order valence-corrected chi connectivity index (χ3v) is 4.48. The standard InChI is InChI=1S/C15H30N2O/c1-4-8-16-13-6-5-7-14(11-13)17-9-10-18-12-15(17,2)3/h13-14,16H,4-12H2,1-3H3. The van der Waals surface area contributed by atoms with Crippen molar-refractivity contribution in [2.24, 2.45) is 0 Å². The molecule has 0 amide bonds. The van der Waals surface area contributed by atoms with Crippen LogP contribution in [0.4, 0.5) is 0 Å². The first-order valence-corrected chi connectivity index (χ1v) is 7.71. The molecule has 0 spiro atoms. The van der Waals surface area contributed by atoms with Crippen molar-refractivity contribution in [2.45, 2.75) is 70.5 Å². The predicted octanol–water partition coefficient (Wildman–Crippen LogP) is 2.41. The molecular formula is C15H30N2O. The van der Waals surface area contributed by atoms with Crippen LogP contribution in [0.3, 0.4) is 0 Å². The summed E-state index contributed by atoms with van der Waals surface area (Å²) < 4.78 is 5.64. The van der Waals surface area contributed by atoms with E-state index in [0.29, 0.717) is 0 Å². The topological polar surface area (TPSA) is 24.5 Å². The summed E-state index contributed by atoms with van der Waals surface area (Å²) in [5, 5.41) is 3.71. The molecule has 1 saturated heterocycles. The monoisotopic (exact) mass is 254 g/mol. The van der Waals surface area contributed by atoms with E-state index in [1.165, 1.54) is 38.6 Å². The minimum atomic E-state index is 0.218. The van der Waals surface area contributed by atoms with Gasteiger partial charge in [-0.1, -0.05) is 13.3 Å². The van der Waals surface area contributed by atoms with E-state index in [4.69, 9.17) is 4.74 Å². The van der Waals surface area contributed by atoms with Crippen LogP contribution in [0.2, 0.25) is 0 Å². The number of nitrogens with one attached hydrogen (secondary N) is 1. The molecule has 2 atom stereocenters. The lowest BCUT2D eigenvalue weighted by molar-refractivity contribution is -0.0798. The minimum absolute atomic E-state index is 0.218. The van der Waals surface area contributed by atoms with Crippen LogP contribution in [0.15, 0.2) is 0 Å². The molecule has 18 heavy (non-hydrogen) atoms. The summed E-state index contributed by atoms with van der Waals surface area (Å²) >= 11 is 0. The van der Waals surface area contributed by atoms with E-state index in [1.807, 2.05) is 0 Å². The quantitative estimate of drug-likeness (QED) is 0.834. The largest absolute Gasteiger partial charge is 0.378 e. The molecule has 3 nitrogen and oxygen atoms in total. The summed E-state index contributed by atoms with van der Waals surface area (Å²) in [4.78, 5) is 2.70. The Hall–Kier alpha value is -0.120. The lowest BCUT2D eigenvalue weighted by Crippen LogP contribution is -2.59. The molecule has 0 bridgehead atoms. The number of ether oxygens (including phenoxy) is 1. The number of rotatable bonds is 4. The Morgan fingerprint density at radius 3 is 2.89 bits per heavy atom. The minimum Gasteiger partial charge on any atom is -0.378 e. The maximum absolute atomic E-state index is 5.64. The van der Waals surface area contributed by atoms with Gasteiger partial charge < -0.3 is 10.1 Å². The molecule has 2 aliphatic rings. The summed E-state index contributed by atoms with van der Waals surface area (Å²) in [5.74, 6) is 0. The summed E-state index contributed by atoms with van der Waals surface area (Å²) in [5.41, 5.74) is 0.218. The fourth-order valence-corrected chi connectivity index (χ4v) is 3.53. The molecule has 2 unspecified atom stereocenters. The Morgan fingerprint density at radius 1 is 1.33 bits per heavy atom. The Kier molecular flexibility index (Phi) is 5.05. The SMILES string of the molecule is CCCNC1CCCC(N2CCOCC2(C)C)C1. The van der Waals surface area contributed by atoms with Crippen LogP contribution in [0.1, 0.15) is 52.9 Å². The molecule has 1 heterocycles. The second kappa shape index (κ2) is 6.36. The van der Waals surface area contributed by atoms with E-state index in [-0.39, 0.29) is 5.54 Å². The van der Waals surface area contributed by atoms with Crippen molar-refractivity contribution in [1.82, 2.24) is 10.2 Å². The first-order chi connectivity index (χ1) is 8.63. The van der Waals surface area contributed by atoms with Crippen molar-refractivity contribution in [1.29, 1.82) is 0 Å². The number of hydrogen-bond acceptors (Lipinski definition) is 3. The van der Waals surface area contributed by atoms with Gasteiger partial charge in [0, 0.05) is 24.2 Å². The molecule has 1 saturated carbocycles. The van der Waals surface area contributed by atoms with Crippen molar-refractivity contribution in [3.63, 3.8) is 0 Å². The summed E-state index contributed by atoms with van der Waals surface area (Å²) in [6, 6.07) is 1.49. The highest BCUT2D eigenvalue weighted by Crippen LogP contribution is 2.30. The van der Waals surface area contributed by atoms with Gasteiger partial charge in [0.2, 0.25) is 0 Å². The van der Waals surface area contributed by atoms with Gasteiger partial charge in [0.05, 0.1) is 13.2 Å². The first kappa shape index (κ1) is 14.3. The smallest absolute Gasteiger partial charge is 0.0645 e. The van der Waals surface area contributed by atoms with Gasteiger partial charge in [0.1, 0.15) is 0 Å². The van der Waals surface area contributed by atoms with Gasteiger partial charge in [-0.25, -0.2) is 0 Å². The Bertz CT molecular complexity index is 255. The molecule has 0 aromatic heterocycles. The maximum atomic E-state index is 5.64. The zero-order chi connectivity index (χ0) is 13.0. The molecule has 2 fully saturated rings. The molecular weight excluding hydrogens is 224 g/mol. The van der Waals surface area contributed by atoms with Gasteiger partial charge in [0.15, 0.2) is 0 Å². The Balaban J connectivity index is 1.91. The van der Waals surface area contributed by atoms with Crippen LogP contribution in [0.25, 0.3) is 0 Å². The van der Waals surface area contributed by atoms with Gasteiger partial charge >= 0.3 is 0 Å². The fourth-order valence-electron chi connectivity index (χ4n) is 3.53. The molecule has 2 rings (SSSR count). The zero-order valence-electron chi connectivity index (χ0n) is 12.4. The van der Waals surface area contributed by atoms with Gasteiger partial charge in [-0.15, -0.1) is 0 Å². The molecule has 1 N–H and O–H groups in total. The second-order valence-corrected chi connectivity index (χ2v) is 6.53. The van der Waals surface area contributed by atoms with Crippen molar-refractivity contribution < 1.29 is 4.74 Å². The van der Waals surface area contributed by atoms with E-state index in [0.717, 1.165) is 31.8 Å². The average Bonchev–Trinajstić information content (AvgIpc) is 2.36. The second-order valence-electron chi connectivity index (χ2n) is 6.53. The molecule has 0 aromatic rings. The summed E-state index contributed by atoms with van der Waals surface area (Å²) in [7, 11) is 0. The van der Waals surface area contributed by atoms with E-state index in [9.17, 15) is 0 Å². The third-order valence-electron chi connectivity index (χ3n) is 4.48. The van der Waals surface area contributed by atoms with Crippen LogP contribution in [0, 0.1) is 0 Å². The van der Waals surface area contributed by atoms with Crippen LogP contribution in [0.5, 0.6) is 0 Å².